The molecule has 0 aromatic heterocycles. The van der Waals surface area contributed by atoms with Gasteiger partial charge in [0.2, 0.25) is 0 Å². The third kappa shape index (κ3) is 4.55. The van der Waals surface area contributed by atoms with E-state index in [-0.39, 0.29) is 6.10 Å². The minimum atomic E-state index is -0.203. The average molecular weight is 170 g/mol. The number of hydrogen-bond acceptors (Lipinski definition) is 1. The van der Waals surface area contributed by atoms with Gasteiger partial charge in [0.05, 0.1) is 6.10 Å². The molecular weight excluding hydrogens is 148 g/mol. The Morgan fingerprint density at radius 3 is 2.25 bits per heavy atom. The van der Waals surface area contributed by atoms with Crippen LogP contribution in [0.2, 0.25) is 0 Å². The van der Waals surface area contributed by atoms with Crippen LogP contribution >= 0.6 is 0 Å². The summed E-state index contributed by atoms with van der Waals surface area (Å²) in [4.78, 5) is 0. The first-order chi connectivity index (χ1) is 5.59. The van der Waals surface area contributed by atoms with Gasteiger partial charge in [0.25, 0.3) is 0 Å². The molecule has 0 aliphatic rings. The van der Waals surface area contributed by atoms with Crippen molar-refractivity contribution in [3.63, 3.8) is 0 Å². The first-order valence-electron chi connectivity index (χ1n) is 4.94. The highest BCUT2D eigenvalue weighted by Crippen LogP contribution is 2.16. The summed E-state index contributed by atoms with van der Waals surface area (Å²) in [6.07, 6.45) is 6.57. The zero-order valence-electron chi connectivity index (χ0n) is 8.75. The Bertz CT molecular complexity index is 127. The number of rotatable bonds is 5. The van der Waals surface area contributed by atoms with Gasteiger partial charge in [0.15, 0.2) is 0 Å². The second kappa shape index (κ2) is 6.24. The fourth-order valence-corrected chi connectivity index (χ4v) is 1.09. The van der Waals surface area contributed by atoms with Crippen LogP contribution in [0.4, 0.5) is 0 Å². The maximum absolute atomic E-state index is 9.31. The van der Waals surface area contributed by atoms with Crippen LogP contribution in [0.3, 0.4) is 0 Å². The monoisotopic (exact) mass is 170 g/mol. The molecule has 3 atom stereocenters. The van der Waals surface area contributed by atoms with Crippen molar-refractivity contribution in [2.24, 2.45) is 11.8 Å². The molecule has 0 aromatic rings. The molecule has 12 heavy (non-hydrogen) atoms. The Morgan fingerprint density at radius 2 is 1.83 bits per heavy atom. The van der Waals surface area contributed by atoms with Crippen molar-refractivity contribution in [2.45, 2.75) is 46.6 Å². The molecule has 1 N–H and O–H groups in total. The average Bonchev–Trinajstić information content (AvgIpc) is 2.03. The second-order valence-electron chi connectivity index (χ2n) is 3.68. The molecule has 0 amide bonds. The summed E-state index contributed by atoms with van der Waals surface area (Å²) >= 11 is 0. The molecule has 0 saturated carbocycles. The number of unbranched alkanes of at least 4 members (excludes halogenated alkanes) is 1. The Morgan fingerprint density at radius 1 is 1.25 bits per heavy atom. The minimum Gasteiger partial charge on any atom is -0.393 e. The minimum absolute atomic E-state index is 0.203. The van der Waals surface area contributed by atoms with E-state index >= 15 is 0 Å². The van der Waals surface area contributed by atoms with E-state index in [0.29, 0.717) is 11.8 Å². The lowest BCUT2D eigenvalue weighted by Gasteiger charge is -2.19. The number of allylic oxidation sites excluding steroid dienone is 2. The van der Waals surface area contributed by atoms with E-state index in [1.54, 1.807) is 0 Å². The molecule has 0 heterocycles. The van der Waals surface area contributed by atoms with Gasteiger partial charge in [-0.2, -0.15) is 0 Å². The van der Waals surface area contributed by atoms with E-state index in [0.717, 1.165) is 6.42 Å². The Hall–Kier alpha value is -0.300. The zero-order chi connectivity index (χ0) is 9.56. The van der Waals surface area contributed by atoms with Gasteiger partial charge in [-0.3, -0.25) is 0 Å². The molecule has 0 fully saturated rings. The molecule has 0 saturated heterocycles. The summed E-state index contributed by atoms with van der Waals surface area (Å²) in [5.41, 5.74) is 0. The van der Waals surface area contributed by atoms with Crippen molar-refractivity contribution >= 4 is 0 Å². The van der Waals surface area contributed by atoms with Crippen molar-refractivity contribution in [3.05, 3.63) is 12.2 Å². The number of hydrogen-bond donors (Lipinski definition) is 1. The molecule has 1 nitrogen and oxygen atoms in total. The van der Waals surface area contributed by atoms with E-state index in [9.17, 15) is 5.11 Å². The maximum atomic E-state index is 9.31. The zero-order valence-corrected chi connectivity index (χ0v) is 8.75. The van der Waals surface area contributed by atoms with Crippen LogP contribution in [0.25, 0.3) is 0 Å². The standard InChI is InChI=1S/C11H22O/c1-5-6-7-8-9(2)10(3)11(4)12/h7-12H,5-6H2,1-4H3. The van der Waals surface area contributed by atoms with Gasteiger partial charge in [0.1, 0.15) is 0 Å². The Balaban J connectivity index is 3.77. The van der Waals surface area contributed by atoms with Crippen LogP contribution in [-0.2, 0) is 0 Å². The third-order valence-electron chi connectivity index (χ3n) is 2.49. The molecule has 0 bridgehead atoms. The van der Waals surface area contributed by atoms with Gasteiger partial charge in [-0.1, -0.05) is 39.3 Å². The summed E-state index contributed by atoms with van der Waals surface area (Å²) < 4.78 is 0. The number of aliphatic hydroxyl groups excluding tert-OH is 1. The highest BCUT2D eigenvalue weighted by Gasteiger charge is 2.13. The van der Waals surface area contributed by atoms with E-state index < -0.39 is 0 Å². The van der Waals surface area contributed by atoms with Crippen molar-refractivity contribution < 1.29 is 5.11 Å². The van der Waals surface area contributed by atoms with Crippen molar-refractivity contribution in [1.29, 1.82) is 0 Å². The second-order valence-corrected chi connectivity index (χ2v) is 3.68. The van der Waals surface area contributed by atoms with Crippen LogP contribution in [0.5, 0.6) is 0 Å². The SMILES string of the molecule is CCCC=CC(C)C(C)C(C)O. The van der Waals surface area contributed by atoms with Crippen molar-refractivity contribution in [3.8, 4) is 0 Å². The van der Waals surface area contributed by atoms with Gasteiger partial charge in [-0.25, -0.2) is 0 Å². The summed E-state index contributed by atoms with van der Waals surface area (Å²) in [7, 11) is 0. The molecule has 0 aliphatic heterocycles. The van der Waals surface area contributed by atoms with Crippen molar-refractivity contribution in [2.75, 3.05) is 0 Å². The summed E-state index contributed by atoms with van der Waals surface area (Å²) in [6.45, 7) is 8.27. The Kier molecular flexibility index (Phi) is 6.09. The van der Waals surface area contributed by atoms with Crippen LogP contribution in [0, 0.1) is 11.8 Å². The fraction of sp³-hybridized carbons (Fsp3) is 0.818. The van der Waals surface area contributed by atoms with Crippen LogP contribution in [0.1, 0.15) is 40.5 Å². The third-order valence-corrected chi connectivity index (χ3v) is 2.49. The molecule has 72 valence electrons. The van der Waals surface area contributed by atoms with Gasteiger partial charge in [0, 0.05) is 0 Å². The molecular formula is C11H22O. The highest BCUT2D eigenvalue weighted by molar-refractivity contribution is 4.89. The summed E-state index contributed by atoms with van der Waals surface area (Å²) in [5, 5.41) is 9.31. The van der Waals surface area contributed by atoms with Crippen LogP contribution < -0.4 is 0 Å². The molecule has 0 spiro atoms. The predicted molar refractivity (Wildman–Crippen MR) is 54.1 cm³/mol. The van der Waals surface area contributed by atoms with Gasteiger partial charge < -0.3 is 5.11 Å². The van der Waals surface area contributed by atoms with Crippen LogP contribution in [0.15, 0.2) is 12.2 Å². The van der Waals surface area contributed by atoms with Crippen molar-refractivity contribution in [1.82, 2.24) is 0 Å². The largest absolute Gasteiger partial charge is 0.393 e. The first-order valence-corrected chi connectivity index (χ1v) is 4.94. The quantitative estimate of drug-likeness (QED) is 0.629. The maximum Gasteiger partial charge on any atom is 0.0543 e. The number of aliphatic hydroxyl groups is 1. The van der Waals surface area contributed by atoms with E-state index in [2.05, 4.69) is 32.9 Å². The van der Waals surface area contributed by atoms with Gasteiger partial charge >= 0.3 is 0 Å². The lowest BCUT2D eigenvalue weighted by atomic mass is 9.91. The summed E-state index contributed by atoms with van der Waals surface area (Å²) in [5.74, 6) is 0.842. The lowest BCUT2D eigenvalue weighted by Crippen LogP contribution is -2.19. The van der Waals surface area contributed by atoms with Gasteiger partial charge in [-0.05, 0) is 25.2 Å². The molecule has 0 radical (unpaired) electrons. The topological polar surface area (TPSA) is 20.2 Å². The van der Waals surface area contributed by atoms with E-state index in [4.69, 9.17) is 0 Å². The first kappa shape index (κ1) is 11.7. The Labute approximate surface area is 76.5 Å². The molecule has 0 rings (SSSR count). The normalized spacial score (nSPS) is 19.4. The lowest BCUT2D eigenvalue weighted by molar-refractivity contribution is 0.116. The summed E-state index contributed by atoms with van der Waals surface area (Å²) in [6, 6.07) is 0. The molecule has 1 heteroatoms. The molecule has 0 aliphatic carbocycles. The predicted octanol–water partition coefficient (Wildman–Crippen LogP) is 3.00. The smallest absolute Gasteiger partial charge is 0.0543 e. The van der Waals surface area contributed by atoms with E-state index in [1.165, 1.54) is 6.42 Å². The molecule has 0 aromatic carbocycles. The molecule has 3 unspecified atom stereocenters. The van der Waals surface area contributed by atoms with E-state index in [1.807, 2.05) is 6.92 Å². The fourth-order valence-electron chi connectivity index (χ4n) is 1.09. The van der Waals surface area contributed by atoms with Gasteiger partial charge in [-0.15, -0.1) is 0 Å². The highest BCUT2D eigenvalue weighted by atomic mass is 16.3. The van der Waals surface area contributed by atoms with Crippen LogP contribution in [-0.4, -0.2) is 11.2 Å².